The van der Waals surface area contributed by atoms with E-state index in [4.69, 9.17) is 15.6 Å². The lowest BCUT2D eigenvalue weighted by molar-refractivity contribution is -0.145. The highest BCUT2D eigenvalue weighted by atomic mass is 16.5. The zero-order valence-electron chi connectivity index (χ0n) is 9.85. The van der Waals surface area contributed by atoms with Gasteiger partial charge in [0.05, 0.1) is 5.92 Å². The minimum atomic E-state index is -0.781. The van der Waals surface area contributed by atoms with Crippen molar-refractivity contribution in [3.05, 3.63) is 23.8 Å². The number of hydrogen-bond donors (Lipinski definition) is 2. The summed E-state index contributed by atoms with van der Waals surface area (Å²) >= 11 is 0. The highest BCUT2D eigenvalue weighted by Crippen LogP contribution is 2.32. The van der Waals surface area contributed by atoms with Crippen molar-refractivity contribution in [3.63, 3.8) is 0 Å². The van der Waals surface area contributed by atoms with Gasteiger partial charge < -0.3 is 15.6 Å². The van der Waals surface area contributed by atoms with Crippen LogP contribution in [0, 0.1) is 5.92 Å². The molecule has 1 aromatic rings. The van der Waals surface area contributed by atoms with E-state index in [9.17, 15) is 4.79 Å². The molecule has 0 saturated heterocycles. The van der Waals surface area contributed by atoms with E-state index in [0.717, 1.165) is 29.8 Å². The fraction of sp³-hybridized carbons (Fsp3) is 0.462. The molecule has 2 rings (SSSR count). The number of carboxylic acids is 1. The Labute approximate surface area is 100 Å². The second-order valence-corrected chi connectivity index (χ2v) is 4.42. The largest absolute Gasteiger partial charge is 0.489 e. The van der Waals surface area contributed by atoms with Crippen molar-refractivity contribution >= 4 is 11.7 Å². The van der Waals surface area contributed by atoms with Crippen LogP contribution in [0.5, 0.6) is 5.75 Å². The number of fused-ring (bicyclic) bond motifs is 1. The monoisotopic (exact) mass is 235 g/mol. The third kappa shape index (κ3) is 2.35. The Balaban J connectivity index is 2.18. The van der Waals surface area contributed by atoms with E-state index in [-0.39, 0.29) is 6.10 Å². The molecule has 0 aromatic heterocycles. The molecule has 3 N–H and O–H groups in total. The number of nitrogens with two attached hydrogens (primary N) is 1. The Morgan fingerprint density at radius 2 is 2.41 bits per heavy atom. The molecule has 92 valence electrons. The maximum atomic E-state index is 11.1. The van der Waals surface area contributed by atoms with Gasteiger partial charge in [-0.1, -0.05) is 6.92 Å². The average molecular weight is 235 g/mol. The van der Waals surface area contributed by atoms with Crippen molar-refractivity contribution in [3.8, 4) is 5.75 Å². The summed E-state index contributed by atoms with van der Waals surface area (Å²) in [7, 11) is 0. The Hall–Kier alpha value is -1.71. The summed E-state index contributed by atoms with van der Waals surface area (Å²) in [5.74, 6) is -0.438. The normalized spacial score (nSPS) is 20.2. The molecule has 0 aliphatic carbocycles. The molecule has 2 atom stereocenters. The van der Waals surface area contributed by atoms with Gasteiger partial charge in [0.25, 0.3) is 0 Å². The average Bonchev–Trinajstić information content (AvgIpc) is 2.29. The smallest absolute Gasteiger partial charge is 0.310 e. The van der Waals surface area contributed by atoms with Crippen molar-refractivity contribution in [2.75, 3.05) is 5.73 Å². The van der Waals surface area contributed by atoms with Gasteiger partial charge in [0, 0.05) is 5.69 Å². The van der Waals surface area contributed by atoms with Crippen LogP contribution in [0.1, 0.15) is 25.3 Å². The summed E-state index contributed by atoms with van der Waals surface area (Å²) in [5, 5.41) is 9.12. The minimum Gasteiger partial charge on any atom is -0.489 e. The number of aryl methyl sites for hydroxylation is 1. The van der Waals surface area contributed by atoms with Crippen LogP contribution in [0.4, 0.5) is 5.69 Å². The van der Waals surface area contributed by atoms with E-state index in [1.165, 1.54) is 0 Å². The molecule has 0 saturated carbocycles. The number of anilines is 1. The quantitative estimate of drug-likeness (QED) is 0.787. The molecule has 0 bridgehead atoms. The molecule has 1 heterocycles. The molecule has 1 unspecified atom stereocenters. The summed E-state index contributed by atoms with van der Waals surface area (Å²) in [6.07, 6.45) is 1.93. The van der Waals surface area contributed by atoms with Gasteiger partial charge in [0.15, 0.2) is 0 Å². The Morgan fingerprint density at radius 1 is 1.65 bits per heavy atom. The van der Waals surface area contributed by atoms with Gasteiger partial charge in [-0.2, -0.15) is 0 Å². The van der Waals surface area contributed by atoms with Gasteiger partial charge in [0.1, 0.15) is 11.9 Å². The topological polar surface area (TPSA) is 72.5 Å². The van der Waals surface area contributed by atoms with Crippen molar-refractivity contribution < 1.29 is 14.6 Å². The van der Waals surface area contributed by atoms with E-state index in [1.54, 1.807) is 6.07 Å². The minimum absolute atomic E-state index is 0.228. The summed E-state index contributed by atoms with van der Waals surface area (Å²) in [6, 6.07) is 5.50. The van der Waals surface area contributed by atoms with Gasteiger partial charge in [-0.3, -0.25) is 4.79 Å². The second kappa shape index (κ2) is 4.65. The van der Waals surface area contributed by atoms with Crippen LogP contribution in [0.3, 0.4) is 0 Å². The molecule has 17 heavy (non-hydrogen) atoms. The maximum absolute atomic E-state index is 11.1. The van der Waals surface area contributed by atoms with Crippen LogP contribution in [0.2, 0.25) is 0 Å². The van der Waals surface area contributed by atoms with E-state index >= 15 is 0 Å². The lowest BCUT2D eigenvalue weighted by Gasteiger charge is -2.29. The van der Waals surface area contributed by atoms with Gasteiger partial charge in [-0.25, -0.2) is 0 Å². The first-order valence-electron chi connectivity index (χ1n) is 5.89. The summed E-state index contributed by atoms with van der Waals surface area (Å²) in [6.45, 7) is 1.88. The van der Waals surface area contributed by atoms with Gasteiger partial charge in [0.2, 0.25) is 0 Å². The predicted molar refractivity (Wildman–Crippen MR) is 65.0 cm³/mol. The molecular weight excluding hydrogens is 218 g/mol. The van der Waals surface area contributed by atoms with Crippen molar-refractivity contribution in [2.24, 2.45) is 5.92 Å². The number of hydrogen-bond acceptors (Lipinski definition) is 3. The van der Waals surface area contributed by atoms with Crippen LogP contribution in [-0.4, -0.2) is 17.2 Å². The zero-order valence-corrected chi connectivity index (χ0v) is 9.85. The lowest BCUT2D eigenvalue weighted by Crippen LogP contribution is -2.35. The number of aliphatic carboxylic acids is 1. The number of carboxylic acid groups (broad SMARTS) is 1. The zero-order chi connectivity index (χ0) is 12.4. The first-order chi connectivity index (χ1) is 8.11. The molecular formula is C13H17NO3. The fourth-order valence-corrected chi connectivity index (χ4v) is 2.31. The van der Waals surface area contributed by atoms with Crippen LogP contribution >= 0.6 is 0 Å². The molecule has 0 amide bonds. The predicted octanol–water partition coefficient (Wildman–Crippen LogP) is 2.07. The van der Waals surface area contributed by atoms with E-state index in [2.05, 4.69) is 0 Å². The number of nitrogen functional groups attached to an aromatic ring is 1. The number of ether oxygens (including phenoxy) is 1. The Morgan fingerprint density at radius 3 is 3.06 bits per heavy atom. The Kier molecular flexibility index (Phi) is 3.22. The lowest BCUT2D eigenvalue weighted by atomic mass is 9.91. The van der Waals surface area contributed by atoms with Gasteiger partial charge in [-0.05, 0) is 43.0 Å². The van der Waals surface area contributed by atoms with Gasteiger partial charge >= 0.3 is 5.97 Å². The van der Waals surface area contributed by atoms with E-state index < -0.39 is 11.9 Å². The van der Waals surface area contributed by atoms with Crippen molar-refractivity contribution in [2.45, 2.75) is 32.3 Å². The Bertz CT molecular complexity index is 431. The van der Waals surface area contributed by atoms with E-state index in [1.807, 2.05) is 19.1 Å². The molecule has 1 aromatic carbocycles. The first kappa shape index (κ1) is 11.8. The third-order valence-electron chi connectivity index (χ3n) is 3.27. The van der Waals surface area contributed by atoms with Crippen LogP contribution in [-0.2, 0) is 11.2 Å². The standard InChI is InChI=1S/C13H17NO3/c1-2-10(13(15)16)12-5-3-8-7-9(14)4-6-11(8)17-12/h4,6-7,10,12H,2-3,5,14H2,1H3,(H,15,16)/t10-,12?/m0/s1. The van der Waals surface area contributed by atoms with Crippen LogP contribution < -0.4 is 10.5 Å². The number of carbonyl (C=O) groups is 1. The SMILES string of the molecule is CC[C@H](C(=O)O)C1CCc2cc(N)ccc2O1. The molecule has 0 radical (unpaired) electrons. The third-order valence-corrected chi connectivity index (χ3v) is 3.27. The van der Waals surface area contributed by atoms with Crippen molar-refractivity contribution in [1.82, 2.24) is 0 Å². The highest BCUT2D eigenvalue weighted by molar-refractivity contribution is 5.70. The molecule has 4 nitrogen and oxygen atoms in total. The van der Waals surface area contributed by atoms with E-state index in [0.29, 0.717) is 6.42 Å². The second-order valence-electron chi connectivity index (χ2n) is 4.42. The number of benzene rings is 1. The molecule has 1 aliphatic rings. The maximum Gasteiger partial charge on any atom is 0.310 e. The van der Waals surface area contributed by atoms with Crippen LogP contribution in [0.25, 0.3) is 0 Å². The number of rotatable bonds is 3. The summed E-state index contributed by atoms with van der Waals surface area (Å²) < 4.78 is 5.76. The fourth-order valence-electron chi connectivity index (χ4n) is 2.31. The molecule has 4 heteroatoms. The van der Waals surface area contributed by atoms with Gasteiger partial charge in [-0.15, -0.1) is 0 Å². The summed E-state index contributed by atoms with van der Waals surface area (Å²) in [4.78, 5) is 11.1. The molecule has 1 aliphatic heterocycles. The first-order valence-corrected chi connectivity index (χ1v) is 5.89. The molecule has 0 spiro atoms. The van der Waals surface area contributed by atoms with Crippen molar-refractivity contribution in [1.29, 1.82) is 0 Å². The highest BCUT2D eigenvalue weighted by Gasteiger charge is 2.31. The van der Waals surface area contributed by atoms with Crippen LogP contribution in [0.15, 0.2) is 18.2 Å². The summed E-state index contributed by atoms with van der Waals surface area (Å²) in [5.41, 5.74) is 7.49. The molecule has 0 fully saturated rings.